The van der Waals surface area contributed by atoms with Crippen molar-refractivity contribution in [2.24, 2.45) is 5.73 Å². The molecule has 4 aromatic carbocycles. The van der Waals surface area contributed by atoms with Gasteiger partial charge in [0.15, 0.2) is 11.6 Å². The molecule has 200 valence electrons. The predicted octanol–water partition coefficient (Wildman–Crippen LogP) is 6.52. The van der Waals surface area contributed by atoms with Crippen LogP contribution in [-0.2, 0) is 6.42 Å². The van der Waals surface area contributed by atoms with E-state index in [1.807, 2.05) is 43.3 Å². The van der Waals surface area contributed by atoms with Crippen LogP contribution in [0.5, 0.6) is 11.5 Å². The van der Waals surface area contributed by atoms with Crippen LogP contribution in [0.1, 0.15) is 27.2 Å². The van der Waals surface area contributed by atoms with Crippen molar-refractivity contribution in [2.45, 2.75) is 13.3 Å². The Bertz CT molecular complexity index is 1780. The summed E-state index contributed by atoms with van der Waals surface area (Å²) in [4.78, 5) is 16.8. The zero-order chi connectivity index (χ0) is 27.8. The number of aromatic amines is 1. The van der Waals surface area contributed by atoms with Gasteiger partial charge in [0, 0.05) is 17.4 Å². The van der Waals surface area contributed by atoms with Gasteiger partial charge in [-0.3, -0.25) is 9.80 Å². The molecule has 0 atom stereocenters. The number of hydrogen-bond acceptors (Lipinski definition) is 5. The number of Topliss-reactive ketones (excluding diaryl/α,β-unsaturated/α-hetero) is 1. The van der Waals surface area contributed by atoms with Crippen molar-refractivity contribution in [3.8, 4) is 11.5 Å². The second kappa shape index (κ2) is 10.3. The molecule has 0 bridgehead atoms. The molecule has 4 N–H and O–H groups in total. The molecule has 0 saturated carbocycles. The zero-order valence-corrected chi connectivity index (χ0v) is 21.7. The molecule has 40 heavy (non-hydrogen) atoms. The Morgan fingerprint density at radius 3 is 2.58 bits per heavy atom. The number of nitrogens with zero attached hydrogens (tertiary/aromatic N) is 1. The molecule has 1 aliphatic rings. The van der Waals surface area contributed by atoms with Crippen molar-refractivity contribution < 1.29 is 18.3 Å². The number of aryl methyl sites for hydroxylation is 1. The highest BCUT2D eigenvalue weighted by Gasteiger charge is 2.28. The van der Waals surface area contributed by atoms with Crippen molar-refractivity contribution in [3.63, 3.8) is 0 Å². The molecule has 2 heterocycles. The first kappa shape index (κ1) is 25.3. The molecule has 0 radical (unpaired) electrons. The summed E-state index contributed by atoms with van der Waals surface area (Å²) in [5, 5.41) is 2.65. The fourth-order valence-electron chi connectivity index (χ4n) is 4.99. The lowest BCUT2D eigenvalue weighted by molar-refractivity contribution is 0.102. The van der Waals surface area contributed by atoms with Crippen LogP contribution >= 0.6 is 0 Å². The van der Waals surface area contributed by atoms with E-state index < -0.39 is 11.6 Å². The van der Waals surface area contributed by atoms with Crippen molar-refractivity contribution in [1.82, 2.24) is 10.4 Å². The molecular weight excluding hydrogens is 510 g/mol. The lowest BCUT2D eigenvalue weighted by atomic mass is 10.0. The van der Waals surface area contributed by atoms with Crippen LogP contribution < -0.4 is 20.9 Å². The summed E-state index contributed by atoms with van der Waals surface area (Å²) in [6.45, 7) is 2.09. The summed E-state index contributed by atoms with van der Waals surface area (Å²) >= 11 is 0. The number of nitrogens with one attached hydrogen (secondary N) is 2. The summed E-state index contributed by atoms with van der Waals surface area (Å²) in [6, 6.07) is 26.9. The van der Waals surface area contributed by atoms with E-state index in [4.69, 9.17) is 10.5 Å². The molecule has 0 spiro atoms. The standard InChI is InChI=1S/C32H26F2N4O2/c1-19-15-22(40-29-12-6-10-25(33)30(29)34)13-14-28(19)38-32(35)24(18-36-38)31(39)27-17-23-21(9-5-11-26(23)37-27)16-20-7-3-2-4-8-20/h2-15,17,36-37H,16,18,35H2,1H3. The topological polar surface area (TPSA) is 83.4 Å². The predicted molar refractivity (Wildman–Crippen MR) is 151 cm³/mol. The van der Waals surface area contributed by atoms with E-state index in [-0.39, 0.29) is 18.1 Å². The van der Waals surface area contributed by atoms with Crippen LogP contribution in [0.15, 0.2) is 102 Å². The fraction of sp³-hybridized carbons (Fsp3) is 0.0938. The van der Waals surface area contributed by atoms with E-state index in [1.165, 1.54) is 17.7 Å². The van der Waals surface area contributed by atoms with Crippen LogP contribution in [0.3, 0.4) is 0 Å². The van der Waals surface area contributed by atoms with Gasteiger partial charge in [-0.25, -0.2) is 9.82 Å². The Balaban J connectivity index is 1.24. The number of aromatic nitrogens is 1. The molecule has 5 aromatic rings. The molecule has 1 aromatic heterocycles. The Morgan fingerprint density at radius 2 is 1.77 bits per heavy atom. The molecule has 0 fully saturated rings. The third kappa shape index (κ3) is 4.69. The van der Waals surface area contributed by atoms with E-state index in [0.29, 0.717) is 28.5 Å². The highest BCUT2D eigenvalue weighted by molar-refractivity contribution is 6.11. The highest BCUT2D eigenvalue weighted by atomic mass is 19.2. The molecule has 0 unspecified atom stereocenters. The second-order valence-electron chi connectivity index (χ2n) is 9.69. The van der Waals surface area contributed by atoms with Gasteiger partial charge in [-0.15, -0.1) is 0 Å². The zero-order valence-electron chi connectivity index (χ0n) is 21.7. The number of hydrazine groups is 1. The first-order chi connectivity index (χ1) is 19.4. The summed E-state index contributed by atoms with van der Waals surface area (Å²) in [5.74, 6) is -1.79. The molecule has 6 nitrogen and oxygen atoms in total. The lowest BCUT2D eigenvalue weighted by Gasteiger charge is -2.22. The molecular formula is C32H26F2N4O2. The number of nitrogens with two attached hydrogens (primary N) is 1. The van der Waals surface area contributed by atoms with Crippen LogP contribution in [0.25, 0.3) is 10.9 Å². The van der Waals surface area contributed by atoms with Gasteiger partial charge >= 0.3 is 0 Å². The van der Waals surface area contributed by atoms with E-state index >= 15 is 0 Å². The van der Waals surface area contributed by atoms with E-state index in [9.17, 15) is 13.6 Å². The first-order valence-electron chi connectivity index (χ1n) is 12.8. The number of rotatable bonds is 7. The summed E-state index contributed by atoms with van der Waals surface area (Å²) in [5.41, 5.74) is 15.2. The van der Waals surface area contributed by atoms with Gasteiger partial charge in [-0.2, -0.15) is 4.39 Å². The number of H-pyrrole nitrogens is 1. The largest absolute Gasteiger partial charge is 0.454 e. The highest BCUT2D eigenvalue weighted by Crippen LogP contribution is 2.32. The minimum Gasteiger partial charge on any atom is -0.454 e. The third-order valence-electron chi connectivity index (χ3n) is 7.03. The number of ketones is 1. The van der Waals surface area contributed by atoms with Gasteiger partial charge in [-0.05, 0) is 72.5 Å². The summed E-state index contributed by atoms with van der Waals surface area (Å²) in [6.07, 6.45) is 0.759. The molecule has 0 aliphatic carbocycles. The average molecular weight is 537 g/mol. The van der Waals surface area contributed by atoms with Gasteiger partial charge in [0.2, 0.25) is 11.6 Å². The number of carbonyl (C=O) groups excluding carboxylic acids is 1. The smallest absolute Gasteiger partial charge is 0.210 e. The summed E-state index contributed by atoms with van der Waals surface area (Å²) in [7, 11) is 0. The Hall–Kier alpha value is -4.95. The van der Waals surface area contributed by atoms with Gasteiger partial charge < -0.3 is 15.5 Å². The average Bonchev–Trinajstić information content (AvgIpc) is 3.56. The third-order valence-corrected chi connectivity index (χ3v) is 7.03. The quantitative estimate of drug-likeness (QED) is 0.207. The normalized spacial score (nSPS) is 13.3. The maximum Gasteiger partial charge on any atom is 0.210 e. The maximum absolute atomic E-state index is 14.0. The number of benzene rings is 4. The van der Waals surface area contributed by atoms with Crippen LogP contribution in [0, 0.1) is 18.6 Å². The van der Waals surface area contributed by atoms with E-state index in [0.717, 1.165) is 34.5 Å². The minimum absolute atomic E-state index is 0.187. The monoisotopic (exact) mass is 536 g/mol. The molecule has 0 saturated heterocycles. The van der Waals surface area contributed by atoms with Gasteiger partial charge in [-0.1, -0.05) is 48.5 Å². The fourth-order valence-corrected chi connectivity index (χ4v) is 4.99. The SMILES string of the molecule is Cc1cc(Oc2cccc(F)c2F)ccc1N1NCC(C(=O)c2cc3c(Cc4ccccc4)cccc3[nH]2)=C1N. The number of hydrogen-bond donors (Lipinski definition) is 3. The Labute approximate surface area is 229 Å². The Morgan fingerprint density at radius 1 is 0.975 bits per heavy atom. The number of carbonyl (C=O) groups is 1. The van der Waals surface area contributed by atoms with E-state index in [1.54, 1.807) is 23.2 Å². The van der Waals surface area contributed by atoms with Crippen molar-refractivity contribution in [3.05, 3.63) is 136 Å². The minimum atomic E-state index is -1.05. The lowest BCUT2D eigenvalue weighted by Crippen LogP contribution is -2.35. The van der Waals surface area contributed by atoms with Gasteiger partial charge in [0.05, 0.1) is 17.0 Å². The van der Waals surface area contributed by atoms with Gasteiger partial charge in [0.1, 0.15) is 11.6 Å². The van der Waals surface area contributed by atoms with E-state index in [2.05, 4.69) is 28.6 Å². The first-order valence-corrected chi connectivity index (χ1v) is 12.8. The number of anilines is 1. The maximum atomic E-state index is 14.0. The number of fused-ring (bicyclic) bond motifs is 1. The second-order valence-corrected chi connectivity index (χ2v) is 9.69. The molecule has 0 amide bonds. The van der Waals surface area contributed by atoms with Gasteiger partial charge in [0.25, 0.3) is 0 Å². The molecule has 1 aliphatic heterocycles. The number of ether oxygens (including phenoxy) is 1. The number of halogens is 2. The van der Waals surface area contributed by atoms with Crippen molar-refractivity contribution in [2.75, 3.05) is 11.6 Å². The van der Waals surface area contributed by atoms with Crippen LogP contribution in [-0.4, -0.2) is 17.3 Å². The molecule has 8 heteroatoms. The summed E-state index contributed by atoms with van der Waals surface area (Å²) < 4.78 is 33.1. The van der Waals surface area contributed by atoms with Crippen molar-refractivity contribution >= 4 is 22.4 Å². The Kier molecular flexibility index (Phi) is 6.53. The van der Waals surface area contributed by atoms with Crippen LogP contribution in [0.4, 0.5) is 14.5 Å². The molecule has 6 rings (SSSR count). The van der Waals surface area contributed by atoms with Crippen LogP contribution in [0.2, 0.25) is 0 Å². The van der Waals surface area contributed by atoms with Crippen molar-refractivity contribution in [1.29, 1.82) is 0 Å².